The molecule has 3 nitrogen and oxygen atoms in total. The van der Waals surface area contributed by atoms with E-state index in [1.54, 1.807) is 0 Å². The van der Waals surface area contributed by atoms with Crippen molar-refractivity contribution in [2.75, 3.05) is 0 Å². The molecule has 0 radical (unpaired) electrons. The molecule has 1 N–H and O–H groups in total. The molecule has 0 unspecified atom stereocenters. The maximum absolute atomic E-state index is 12.1. The van der Waals surface area contributed by atoms with E-state index in [-0.39, 0.29) is 29.6 Å². The molecule has 0 saturated heterocycles. The number of rotatable bonds is 3. The summed E-state index contributed by atoms with van der Waals surface area (Å²) in [5, 5.41) is -5.48. The van der Waals surface area contributed by atoms with Gasteiger partial charge in [-0.3, -0.25) is 4.55 Å². The molecule has 0 aromatic rings. The Kier molecular flexibility index (Phi) is 5.48. The molecule has 0 spiro atoms. The predicted octanol–water partition coefficient (Wildman–Crippen LogP) is -1.67. The summed E-state index contributed by atoms with van der Waals surface area (Å²) in [6.45, 7) is 2.43. The molecule has 0 aliphatic rings. The first-order valence-corrected chi connectivity index (χ1v) is 4.02. The van der Waals surface area contributed by atoms with Crippen molar-refractivity contribution in [3.63, 3.8) is 0 Å². The molecule has 9 heteroatoms. The van der Waals surface area contributed by atoms with Crippen LogP contribution in [0, 0.1) is 6.92 Å². The maximum Gasteiger partial charge on any atom is 1.00 e. The first-order valence-electron chi connectivity index (χ1n) is 2.58. The fourth-order valence-electron chi connectivity index (χ4n) is 0.334. The zero-order chi connectivity index (χ0) is 10.2. The Morgan fingerprint density at radius 3 is 1.62 bits per heavy atom. The molecule has 0 aliphatic heterocycles. The van der Waals surface area contributed by atoms with Crippen molar-refractivity contribution in [3.05, 3.63) is 6.92 Å². The van der Waals surface area contributed by atoms with Gasteiger partial charge in [0, 0.05) is 0 Å². The van der Waals surface area contributed by atoms with E-state index in [0.29, 0.717) is 0 Å². The molecular formula is C4H5F4NaO3S. The molecule has 74 valence electrons. The van der Waals surface area contributed by atoms with Gasteiger partial charge in [-0.15, -0.1) is 6.42 Å². The molecule has 0 atom stereocenters. The van der Waals surface area contributed by atoms with Crippen molar-refractivity contribution in [2.24, 2.45) is 0 Å². The second kappa shape index (κ2) is 4.43. The third-order valence-corrected chi connectivity index (χ3v) is 2.01. The van der Waals surface area contributed by atoms with Crippen LogP contribution in [0.3, 0.4) is 0 Å². The van der Waals surface area contributed by atoms with Crippen LogP contribution in [0.4, 0.5) is 17.6 Å². The molecule has 13 heavy (non-hydrogen) atoms. The van der Waals surface area contributed by atoms with E-state index in [2.05, 4.69) is 6.92 Å². The van der Waals surface area contributed by atoms with Crippen LogP contribution in [0.2, 0.25) is 0 Å². The zero-order valence-corrected chi connectivity index (χ0v) is 9.41. The molecule has 0 rings (SSSR count). The largest absolute Gasteiger partial charge is 1.00 e. The standard InChI is InChI=1S/C4H5F4O3S.Na/c1-2-3(5,6)4(7,8)12(9,10)11;/h1-2H2,(H,9,10,11);/q-1;+1. The van der Waals surface area contributed by atoms with Gasteiger partial charge in [-0.2, -0.15) is 17.2 Å². The van der Waals surface area contributed by atoms with Crippen molar-refractivity contribution in [2.45, 2.75) is 17.6 Å². The van der Waals surface area contributed by atoms with E-state index < -0.39 is 27.7 Å². The average molecular weight is 232 g/mol. The van der Waals surface area contributed by atoms with Gasteiger partial charge in [0.05, 0.1) is 0 Å². The van der Waals surface area contributed by atoms with Gasteiger partial charge in [0.2, 0.25) is 0 Å². The Morgan fingerprint density at radius 1 is 1.23 bits per heavy atom. The molecular weight excluding hydrogens is 227 g/mol. The van der Waals surface area contributed by atoms with Crippen LogP contribution in [-0.4, -0.2) is 24.1 Å². The summed E-state index contributed by atoms with van der Waals surface area (Å²) in [5.74, 6) is -4.86. The van der Waals surface area contributed by atoms with Gasteiger partial charge >= 0.3 is 50.9 Å². The summed E-state index contributed by atoms with van der Waals surface area (Å²) < 4.78 is 75.6. The summed E-state index contributed by atoms with van der Waals surface area (Å²) in [4.78, 5) is 0. The number of alkyl halides is 4. The van der Waals surface area contributed by atoms with Gasteiger partial charge in [-0.1, -0.05) is 0 Å². The van der Waals surface area contributed by atoms with Gasteiger partial charge in [-0.05, 0) is 0 Å². The van der Waals surface area contributed by atoms with E-state index in [1.807, 2.05) is 0 Å². The Bertz CT molecular complexity index is 263. The fourth-order valence-corrected chi connectivity index (χ4v) is 0.814. The second-order valence-electron chi connectivity index (χ2n) is 1.95. The second-order valence-corrected chi connectivity index (χ2v) is 3.41. The maximum atomic E-state index is 12.1. The molecule has 0 amide bonds. The normalized spacial score (nSPS) is 13.7. The SMILES string of the molecule is [CH2-]CC(F)(F)C(F)(F)S(=O)(=O)O.[Na+]. The van der Waals surface area contributed by atoms with E-state index in [4.69, 9.17) is 4.55 Å². The molecule has 0 heterocycles. The van der Waals surface area contributed by atoms with Crippen LogP contribution in [-0.2, 0) is 10.1 Å². The minimum absolute atomic E-state index is 0. The van der Waals surface area contributed by atoms with Crippen LogP contribution in [0.15, 0.2) is 0 Å². The summed E-state index contributed by atoms with van der Waals surface area (Å²) in [6.07, 6.45) is -1.63. The third kappa shape index (κ3) is 3.05. The monoisotopic (exact) mass is 232 g/mol. The quantitative estimate of drug-likeness (QED) is 0.274. The van der Waals surface area contributed by atoms with Gasteiger partial charge in [0.15, 0.2) is 0 Å². The van der Waals surface area contributed by atoms with Gasteiger partial charge in [0.25, 0.3) is 0 Å². The first-order chi connectivity index (χ1) is 5.06. The summed E-state index contributed by atoms with van der Waals surface area (Å²) >= 11 is 0. The van der Waals surface area contributed by atoms with Crippen LogP contribution in [0.1, 0.15) is 6.42 Å². The van der Waals surface area contributed by atoms with E-state index in [1.165, 1.54) is 0 Å². The van der Waals surface area contributed by atoms with Gasteiger partial charge in [0.1, 0.15) is 0 Å². The van der Waals surface area contributed by atoms with E-state index >= 15 is 0 Å². The first kappa shape index (κ1) is 16.1. The Morgan fingerprint density at radius 2 is 1.54 bits per heavy atom. The number of halogens is 4. The van der Waals surface area contributed by atoms with Gasteiger partial charge in [-0.25, -0.2) is 8.78 Å². The van der Waals surface area contributed by atoms with Crippen molar-refractivity contribution in [3.8, 4) is 0 Å². The predicted molar refractivity (Wildman–Crippen MR) is 31.4 cm³/mol. The summed E-state index contributed by atoms with van der Waals surface area (Å²) in [6, 6.07) is 0. The van der Waals surface area contributed by atoms with Crippen LogP contribution >= 0.6 is 0 Å². The van der Waals surface area contributed by atoms with Crippen molar-refractivity contribution in [1.82, 2.24) is 0 Å². The van der Waals surface area contributed by atoms with Crippen molar-refractivity contribution < 1.29 is 60.1 Å². The molecule has 0 aromatic carbocycles. The van der Waals surface area contributed by atoms with Crippen LogP contribution < -0.4 is 29.6 Å². The Labute approximate surface area is 94.5 Å². The van der Waals surface area contributed by atoms with Crippen LogP contribution in [0.25, 0.3) is 0 Å². The molecule has 0 bridgehead atoms. The topological polar surface area (TPSA) is 54.4 Å². The van der Waals surface area contributed by atoms with Gasteiger partial charge < -0.3 is 6.92 Å². The summed E-state index contributed by atoms with van der Waals surface area (Å²) in [7, 11) is -6.10. The minimum atomic E-state index is -6.10. The average Bonchev–Trinajstić information content (AvgIpc) is 1.85. The van der Waals surface area contributed by atoms with Crippen molar-refractivity contribution >= 4 is 10.1 Å². The van der Waals surface area contributed by atoms with Crippen LogP contribution in [0.5, 0.6) is 0 Å². The number of hydrogen-bond acceptors (Lipinski definition) is 2. The minimum Gasteiger partial charge on any atom is -0.337 e. The van der Waals surface area contributed by atoms with E-state index in [0.717, 1.165) is 0 Å². The Balaban J connectivity index is 0. The smallest absolute Gasteiger partial charge is 0.337 e. The third-order valence-electron chi connectivity index (χ3n) is 1.06. The van der Waals surface area contributed by atoms with Crippen molar-refractivity contribution in [1.29, 1.82) is 0 Å². The molecule has 0 fully saturated rings. The molecule has 0 saturated carbocycles. The number of hydrogen-bond donors (Lipinski definition) is 1. The zero-order valence-electron chi connectivity index (χ0n) is 6.60. The Hall–Kier alpha value is 0.630. The fraction of sp³-hybridized carbons (Fsp3) is 0.750. The molecule has 0 aliphatic carbocycles. The summed E-state index contributed by atoms with van der Waals surface area (Å²) in [5.41, 5.74) is 0. The molecule has 0 aromatic heterocycles. The van der Waals surface area contributed by atoms with E-state index in [9.17, 15) is 26.0 Å².